The van der Waals surface area contributed by atoms with Crippen LogP contribution >= 0.6 is 0 Å². The molecule has 2 aliphatic carbocycles. The predicted molar refractivity (Wildman–Crippen MR) is 88.2 cm³/mol. The van der Waals surface area contributed by atoms with Crippen molar-refractivity contribution in [2.45, 2.75) is 59.0 Å². The number of carbonyl (C=O) groups excluding carboxylic acids is 1. The summed E-state index contributed by atoms with van der Waals surface area (Å²) in [5.74, 6) is 0.112. The van der Waals surface area contributed by atoms with E-state index in [2.05, 4.69) is 20.8 Å². The second-order valence-corrected chi connectivity index (χ2v) is 10.5. The number of hydrogen-bond donors (Lipinski definition) is 0. The third kappa shape index (κ3) is 2.72. The Labute approximate surface area is 139 Å². The van der Waals surface area contributed by atoms with Gasteiger partial charge in [-0.05, 0) is 43.4 Å². The van der Waals surface area contributed by atoms with Gasteiger partial charge in [-0.3, -0.25) is 4.79 Å². The summed E-state index contributed by atoms with van der Waals surface area (Å²) in [6.07, 6.45) is 5.94. The highest BCUT2D eigenvalue weighted by molar-refractivity contribution is 7.88. The smallest absolute Gasteiger partial charge is 0.310 e. The molecule has 3 fully saturated rings. The number of hydrogen-bond acceptors (Lipinski definition) is 4. The van der Waals surface area contributed by atoms with E-state index in [4.69, 9.17) is 4.74 Å². The van der Waals surface area contributed by atoms with E-state index in [0.29, 0.717) is 12.5 Å². The van der Waals surface area contributed by atoms with Crippen LogP contribution in [0.15, 0.2) is 0 Å². The highest BCUT2D eigenvalue weighted by Gasteiger charge is 2.63. The molecule has 3 rings (SSSR count). The SMILES string of the molecule is CC1(C)[C@H]2CC[C@@]1(C)[C@H](OC(=O)[C@@H]1CCCN(S(C)(=O)=O)C1)C2. The largest absolute Gasteiger partial charge is 0.462 e. The zero-order valence-electron chi connectivity index (χ0n) is 14.7. The Morgan fingerprint density at radius 3 is 2.43 bits per heavy atom. The highest BCUT2D eigenvalue weighted by Crippen LogP contribution is 2.66. The van der Waals surface area contributed by atoms with Crippen molar-refractivity contribution in [1.82, 2.24) is 4.31 Å². The van der Waals surface area contributed by atoms with Crippen molar-refractivity contribution in [1.29, 1.82) is 0 Å². The van der Waals surface area contributed by atoms with E-state index < -0.39 is 10.0 Å². The summed E-state index contributed by atoms with van der Waals surface area (Å²) in [4.78, 5) is 12.6. The third-order valence-electron chi connectivity index (χ3n) is 7.16. The van der Waals surface area contributed by atoms with Crippen molar-refractivity contribution in [3.05, 3.63) is 0 Å². The summed E-state index contributed by atoms with van der Waals surface area (Å²) in [6, 6.07) is 0. The van der Waals surface area contributed by atoms with Crippen LogP contribution in [0, 0.1) is 22.7 Å². The van der Waals surface area contributed by atoms with Gasteiger partial charge in [0.15, 0.2) is 0 Å². The Hall–Kier alpha value is -0.620. The Morgan fingerprint density at radius 1 is 1.22 bits per heavy atom. The average Bonchev–Trinajstić information content (AvgIpc) is 2.80. The zero-order chi connectivity index (χ0) is 17.0. The van der Waals surface area contributed by atoms with Crippen molar-refractivity contribution in [3.63, 3.8) is 0 Å². The van der Waals surface area contributed by atoms with Gasteiger partial charge in [0.05, 0.1) is 12.2 Å². The summed E-state index contributed by atoms with van der Waals surface area (Å²) >= 11 is 0. The van der Waals surface area contributed by atoms with Crippen LogP contribution in [0.4, 0.5) is 0 Å². The molecule has 132 valence electrons. The first-order valence-electron chi connectivity index (χ1n) is 8.71. The second kappa shape index (κ2) is 5.45. The van der Waals surface area contributed by atoms with Gasteiger partial charge in [0.1, 0.15) is 6.10 Å². The maximum atomic E-state index is 12.6. The molecule has 1 heterocycles. The molecule has 1 saturated heterocycles. The molecule has 6 heteroatoms. The molecule has 2 bridgehead atoms. The molecule has 0 N–H and O–H groups in total. The monoisotopic (exact) mass is 343 g/mol. The lowest BCUT2D eigenvalue weighted by atomic mass is 9.70. The van der Waals surface area contributed by atoms with Gasteiger partial charge in [-0.15, -0.1) is 0 Å². The topological polar surface area (TPSA) is 63.7 Å². The molecule has 0 aromatic heterocycles. The van der Waals surface area contributed by atoms with Crippen LogP contribution in [-0.4, -0.2) is 44.1 Å². The first kappa shape index (κ1) is 17.2. The number of esters is 1. The zero-order valence-corrected chi connectivity index (χ0v) is 15.5. The van der Waals surface area contributed by atoms with Crippen molar-refractivity contribution in [2.24, 2.45) is 22.7 Å². The lowest BCUT2D eigenvalue weighted by Crippen LogP contribution is -2.44. The molecule has 0 radical (unpaired) electrons. The molecule has 1 aliphatic heterocycles. The molecular formula is C17H29NO4S. The maximum absolute atomic E-state index is 12.6. The van der Waals surface area contributed by atoms with Gasteiger partial charge in [-0.2, -0.15) is 0 Å². The summed E-state index contributed by atoms with van der Waals surface area (Å²) < 4.78 is 30.8. The fourth-order valence-corrected chi connectivity index (χ4v) is 5.89. The quantitative estimate of drug-likeness (QED) is 0.738. The molecule has 23 heavy (non-hydrogen) atoms. The van der Waals surface area contributed by atoms with Crippen LogP contribution < -0.4 is 0 Å². The summed E-state index contributed by atoms with van der Waals surface area (Å²) in [6.45, 7) is 7.63. The molecule has 0 spiro atoms. The summed E-state index contributed by atoms with van der Waals surface area (Å²) in [7, 11) is -3.23. The molecule has 0 unspecified atom stereocenters. The molecule has 5 nitrogen and oxygen atoms in total. The van der Waals surface area contributed by atoms with Gasteiger partial charge in [0.25, 0.3) is 0 Å². The van der Waals surface area contributed by atoms with Crippen LogP contribution in [0.5, 0.6) is 0 Å². The van der Waals surface area contributed by atoms with Gasteiger partial charge >= 0.3 is 5.97 Å². The van der Waals surface area contributed by atoms with Crippen molar-refractivity contribution in [3.8, 4) is 0 Å². The average molecular weight is 343 g/mol. The van der Waals surface area contributed by atoms with Crippen molar-refractivity contribution in [2.75, 3.05) is 19.3 Å². The van der Waals surface area contributed by atoms with E-state index in [1.165, 1.54) is 17.0 Å². The molecular weight excluding hydrogens is 314 g/mol. The minimum absolute atomic E-state index is 0.0163. The fraction of sp³-hybridized carbons (Fsp3) is 0.941. The maximum Gasteiger partial charge on any atom is 0.310 e. The van der Waals surface area contributed by atoms with E-state index in [1.807, 2.05) is 0 Å². The number of carbonyl (C=O) groups is 1. The van der Waals surface area contributed by atoms with E-state index in [0.717, 1.165) is 25.7 Å². The Bertz CT molecular complexity index is 600. The molecule has 0 aromatic carbocycles. The number of sulfonamides is 1. The number of ether oxygens (including phenoxy) is 1. The molecule has 3 aliphatic rings. The van der Waals surface area contributed by atoms with Crippen LogP contribution in [0.1, 0.15) is 52.9 Å². The Kier molecular flexibility index (Phi) is 4.08. The Balaban J connectivity index is 1.66. The Morgan fingerprint density at radius 2 is 1.91 bits per heavy atom. The van der Waals surface area contributed by atoms with Gasteiger partial charge in [-0.1, -0.05) is 20.8 Å². The summed E-state index contributed by atoms with van der Waals surface area (Å²) in [5.41, 5.74) is 0.266. The molecule has 2 saturated carbocycles. The fourth-order valence-electron chi connectivity index (χ4n) is 4.98. The van der Waals surface area contributed by atoms with E-state index in [9.17, 15) is 13.2 Å². The van der Waals surface area contributed by atoms with Crippen molar-refractivity contribution < 1.29 is 17.9 Å². The van der Waals surface area contributed by atoms with Gasteiger partial charge in [0, 0.05) is 18.5 Å². The van der Waals surface area contributed by atoms with Gasteiger partial charge < -0.3 is 4.74 Å². The normalized spacial score (nSPS) is 40.3. The van der Waals surface area contributed by atoms with Crippen LogP contribution in [0.25, 0.3) is 0 Å². The first-order chi connectivity index (χ1) is 10.6. The van der Waals surface area contributed by atoms with Gasteiger partial charge in [0.2, 0.25) is 10.0 Å². The number of nitrogens with zero attached hydrogens (tertiary/aromatic N) is 1. The second-order valence-electron chi connectivity index (χ2n) is 8.50. The lowest BCUT2D eigenvalue weighted by molar-refractivity contribution is -0.163. The van der Waals surface area contributed by atoms with Gasteiger partial charge in [-0.25, -0.2) is 12.7 Å². The van der Waals surface area contributed by atoms with Crippen LogP contribution in [-0.2, 0) is 19.6 Å². The van der Waals surface area contributed by atoms with E-state index in [-0.39, 0.29) is 35.4 Å². The van der Waals surface area contributed by atoms with E-state index >= 15 is 0 Å². The first-order valence-corrected chi connectivity index (χ1v) is 10.6. The molecule has 4 atom stereocenters. The number of fused-ring (bicyclic) bond motifs is 2. The summed E-state index contributed by atoms with van der Waals surface area (Å²) in [5, 5.41) is 0. The van der Waals surface area contributed by atoms with Crippen LogP contribution in [0.2, 0.25) is 0 Å². The molecule has 0 amide bonds. The minimum atomic E-state index is -3.23. The number of rotatable bonds is 3. The minimum Gasteiger partial charge on any atom is -0.462 e. The number of piperidine rings is 1. The lowest BCUT2D eigenvalue weighted by Gasteiger charge is -2.39. The third-order valence-corrected chi connectivity index (χ3v) is 8.43. The van der Waals surface area contributed by atoms with Crippen LogP contribution in [0.3, 0.4) is 0 Å². The predicted octanol–water partition coefficient (Wildman–Crippen LogP) is 2.42. The molecule has 0 aromatic rings. The van der Waals surface area contributed by atoms with E-state index in [1.54, 1.807) is 0 Å². The standard InChI is InChI=1S/C17H29NO4S/c1-16(2)13-7-8-17(16,3)14(10-13)22-15(19)12-6-5-9-18(11-12)23(4,20)21/h12-14H,5-11H2,1-4H3/t12-,13+,14-,17+/m1/s1. The highest BCUT2D eigenvalue weighted by atomic mass is 32.2. The van der Waals surface area contributed by atoms with Crippen molar-refractivity contribution >= 4 is 16.0 Å².